The predicted octanol–water partition coefficient (Wildman–Crippen LogP) is 4.27. The Labute approximate surface area is 134 Å². The van der Waals surface area contributed by atoms with E-state index < -0.39 is 0 Å². The van der Waals surface area contributed by atoms with E-state index in [1.165, 1.54) is 11.3 Å². The number of carbonyl (C=O) groups excluding carboxylic acids is 1. The van der Waals surface area contributed by atoms with Crippen LogP contribution in [0.2, 0.25) is 0 Å². The van der Waals surface area contributed by atoms with Crippen LogP contribution in [0.4, 0.5) is 5.13 Å². The van der Waals surface area contributed by atoms with Gasteiger partial charge in [0.05, 0.1) is 0 Å². The second kappa shape index (κ2) is 5.91. The van der Waals surface area contributed by atoms with Crippen LogP contribution >= 0.6 is 27.3 Å². The third-order valence-electron chi connectivity index (χ3n) is 3.10. The Morgan fingerprint density at radius 1 is 1.19 bits per heavy atom. The van der Waals surface area contributed by atoms with Gasteiger partial charge in [-0.25, -0.2) is 0 Å². The SMILES string of the molecule is CCc1nnc(NC(=O)c2cccc3c(Br)cccc23)s1. The fourth-order valence-corrected chi connectivity index (χ4v) is 3.25. The maximum Gasteiger partial charge on any atom is 0.258 e. The molecule has 3 aromatic rings. The van der Waals surface area contributed by atoms with Gasteiger partial charge in [-0.05, 0) is 29.3 Å². The molecule has 0 bridgehead atoms. The molecular formula is C15H12BrN3OS. The second-order valence-electron chi connectivity index (χ2n) is 4.45. The summed E-state index contributed by atoms with van der Waals surface area (Å²) in [7, 11) is 0. The first-order valence-corrected chi connectivity index (χ1v) is 8.11. The van der Waals surface area contributed by atoms with E-state index in [4.69, 9.17) is 0 Å². The van der Waals surface area contributed by atoms with Crippen LogP contribution in [0.15, 0.2) is 40.9 Å². The number of hydrogen-bond donors (Lipinski definition) is 1. The number of fused-ring (bicyclic) bond motifs is 1. The highest BCUT2D eigenvalue weighted by atomic mass is 79.9. The van der Waals surface area contributed by atoms with Crippen LogP contribution in [0.1, 0.15) is 22.3 Å². The highest BCUT2D eigenvalue weighted by Gasteiger charge is 2.13. The zero-order valence-electron chi connectivity index (χ0n) is 11.3. The van der Waals surface area contributed by atoms with Crippen LogP contribution in [-0.4, -0.2) is 16.1 Å². The number of amides is 1. The van der Waals surface area contributed by atoms with Crippen molar-refractivity contribution in [3.8, 4) is 0 Å². The number of halogens is 1. The average Bonchev–Trinajstić information content (AvgIpc) is 2.95. The standard InChI is InChI=1S/C15H12BrN3OS/c1-2-13-18-19-15(21-13)17-14(20)11-7-3-6-10-9(11)5-4-8-12(10)16/h3-8H,2H2,1H3,(H,17,19,20). The molecule has 21 heavy (non-hydrogen) atoms. The van der Waals surface area contributed by atoms with E-state index >= 15 is 0 Å². The molecule has 0 radical (unpaired) electrons. The number of nitrogens with one attached hydrogen (secondary N) is 1. The fourth-order valence-electron chi connectivity index (χ4n) is 2.08. The van der Waals surface area contributed by atoms with Crippen molar-refractivity contribution in [2.24, 2.45) is 0 Å². The number of anilines is 1. The fraction of sp³-hybridized carbons (Fsp3) is 0.133. The molecule has 0 aliphatic carbocycles. The third kappa shape index (κ3) is 2.82. The minimum absolute atomic E-state index is 0.169. The number of rotatable bonds is 3. The van der Waals surface area contributed by atoms with Crippen molar-refractivity contribution in [2.45, 2.75) is 13.3 Å². The average molecular weight is 362 g/mol. The number of nitrogens with zero attached hydrogens (tertiary/aromatic N) is 2. The first-order chi connectivity index (χ1) is 10.2. The molecule has 0 unspecified atom stereocenters. The Morgan fingerprint density at radius 3 is 2.71 bits per heavy atom. The molecule has 0 aliphatic rings. The zero-order valence-corrected chi connectivity index (χ0v) is 13.7. The molecule has 0 aliphatic heterocycles. The molecule has 4 nitrogen and oxygen atoms in total. The number of benzene rings is 2. The summed E-state index contributed by atoms with van der Waals surface area (Å²) in [4.78, 5) is 12.4. The van der Waals surface area contributed by atoms with Crippen LogP contribution in [0.25, 0.3) is 10.8 Å². The molecule has 1 N–H and O–H groups in total. The number of hydrogen-bond acceptors (Lipinski definition) is 4. The van der Waals surface area contributed by atoms with E-state index in [-0.39, 0.29) is 5.91 Å². The van der Waals surface area contributed by atoms with Crippen molar-refractivity contribution in [2.75, 3.05) is 5.32 Å². The van der Waals surface area contributed by atoms with Gasteiger partial charge in [-0.15, -0.1) is 10.2 Å². The van der Waals surface area contributed by atoms with Gasteiger partial charge >= 0.3 is 0 Å². The van der Waals surface area contributed by atoms with Crippen molar-refractivity contribution < 1.29 is 4.79 Å². The number of carbonyl (C=O) groups is 1. The number of aryl methyl sites for hydroxylation is 1. The van der Waals surface area contributed by atoms with Crippen molar-refractivity contribution in [1.29, 1.82) is 0 Å². The first-order valence-electron chi connectivity index (χ1n) is 6.50. The lowest BCUT2D eigenvalue weighted by Crippen LogP contribution is -2.12. The Bertz CT molecular complexity index is 816. The normalized spacial score (nSPS) is 10.8. The largest absolute Gasteiger partial charge is 0.296 e. The maximum absolute atomic E-state index is 12.4. The van der Waals surface area contributed by atoms with Crippen LogP contribution in [0.3, 0.4) is 0 Å². The molecule has 0 saturated carbocycles. The van der Waals surface area contributed by atoms with Crippen molar-refractivity contribution in [1.82, 2.24) is 10.2 Å². The summed E-state index contributed by atoms with van der Waals surface area (Å²) < 4.78 is 0.971. The Hall–Kier alpha value is -1.79. The molecule has 1 heterocycles. The molecule has 6 heteroatoms. The Balaban J connectivity index is 1.96. The summed E-state index contributed by atoms with van der Waals surface area (Å²) in [6, 6.07) is 11.5. The number of aromatic nitrogens is 2. The lowest BCUT2D eigenvalue weighted by molar-refractivity contribution is 0.102. The topological polar surface area (TPSA) is 54.9 Å². The van der Waals surface area contributed by atoms with Crippen LogP contribution < -0.4 is 5.32 Å². The van der Waals surface area contributed by atoms with Gasteiger partial charge in [0.2, 0.25) is 5.13 Å². The summed E-state index contributed by atoms with van der Waals surface area (Å²) in [6.45, 7) is 2.01. The molecule has 106 valence electrons. The van der Waals surface area contributed by atoms with Crippen molar-refractivity contribution in [3.63, 3.8) is 0 Å². The molecule has 2 aromatic carbocycles. The Morgan fingerprint density at radius 2 is 1.95 bits per heavy atom. The minimum Gasteiger partial charge on any atom is -0.296 e. The van der Waals surface area contributed by atoms with Crippen molar-refractivity contribution in [3.05, 3.63) is 51.4 Å². The summed E-state index contributed by atoms with van der Waals surface area (Å²) in [5.41, 5.74) is 0.627. The summed E-state index contributed by atoms with van der Waals surface area (Å²) in [5.74, 6) is -0.169. The summed E-state index contributed by atoms with van der Waals surface area (Å²) in [6.07, 6.45) is 0.814. The van der Waals surface area contributed by atoms with E-state index in [0.29, 0.717) is 10.7 Å². The summed E-state index contributed by atoms with van der Waals surface area (Å²) in [5, 5.41) is 14.2. The summed E-state index contributed by atoms with van der Waals surface area (Å²) >= 11 is 4.91. The molecule has 0 spiro atoms. The van der Waals surface area contributed by atoms with Crippen LogP contribution in [-0.2, 0) is 6.42 Å². The van der Waals surface area contributed by atoms with Gasteiger partial charge in [0, 0.05) is 10.0 Å². The molecule has 3 rings (SSSR count). The van der Waals surface area contributed by atoms with E-state index in [1.807, 2.05) is 43.3 Å². The zero-order chi connectivity index (χ0) is 14.8. The maximum atomic E-state index is 12.4. The highest BCUT2D eigenvalue weighted by molar-refractivity contribution is 9.10. The Kier molecular flexibility index (Phi) is 3.98. The van der Waals surface area contributed by atoms with Gasteiger partial charge < -0.3 is 0 Å². The molecule has 0 atom stereocenters. The van der Waals surface area contributed by atoms with E-state index in [9.17, 15) is 4.79 Å². The van der Waals surface area contributed by atoms with Gasteiger partial charge in [-0.2, -0.15) is 0 Å². The molecule has 0 fully saturated rings. The second-order valence-corrected chi connectivity index (χ2v) is 6.37. The first kappa shape index (κ1) is 14.2. The van der Waals surface area contributed by atoms with E-state index in [1.54, 1.807) is 0 Å². The van der Waals surface area contributed by atoms with Crippen LogP contribution in [0.5, 0.6) is 0 Å². The molecule has 1 aromatic heterocycles. The lowest BCUT2D eigenvalue weighted by Gasteiger charge is -2.07. The molecular weight excluding hydrogens is 350 g/mol. The van der Waals surface area contributed by atoms with Gasteiger partial charge in [0.15, 0.2) is 0 Å². The van der Waals surface area contributed by atoms with E-state index in [0.717, 1.165) is 26.7 Å². The third-order valence-corrected chi connectivity index (χ3v) is 4.78. The van der Waals surface area contributed by atoms with Crippen molar-refractivity contribution >= 4 is 49.1 Å². The monoisotopic (exact) mass is 361 g/mol. The predicted molar refractivity (Wildman–Crippen MR) is 88.9 cm³/mol. The molecule has 0 saturated heterocycles. The highest BCUT2D eigenvalue weighted by Crippen LogP contribution is 2.27. The lowest BCUT2D eigenvalue weighted by atomic mass is 10.0. The van der Waals surface area contributed by atoms with Gasteiger partial charge in [-0.1, -0.05) is 58.5 Å². The van der Waals surface area contributed by atoms with Gasteiger partial charge in [0.25, 0.3) is 5.91 Å². The van der Waals surface area contributed by atoms with Gasteiger partial charge in [0.1, 0.15) is 5.01 Å². The molecule has 1 amide bonds. The quantitative estimate of drug-likeness (QED) is 0.757. The van der Waals surface area contributed by atoms with Gasteiger partial charge in [-0.3, -0.25) is 10.1 Å². The minimum atomic E-state index is -0.169. The van der Waals surface area contributed by atoms with Crippen LogP contribution in [0, 0.1) is 0 Å². The smallest absolute Gasteiger partial charge is 0.258 e. The van der Waals surface area contributed by atoms with E-state index in [2.05, 4.69) is 31.4 Å².